The maximum absolute atomic E-state index is 11.2. The van der Waals surface area contributed by atoms with E-state index in [0.717, 1.165) is 68.9 Å². The number of nitrogens with zero attached hydrogens (tertiary/aromatic N) is 4. The summed E-state index contributed by atoms with van der Waals surface area (Å²) >= 11 is 0. The lowest BCUT2D eigenvalue weighted by Crippen LogP contribution is -2.58. The third-order valence-electron chi connectivity index (χ3n) is 7.29. The van der Waals surface area contributed by atoms with E-state index in [4.69, 9.17) is 11.6 Å². The fraction of sp³-hybridized carbons (Fsp3) is 0.481. The molecule has 0 amide bonds. The van der Waals surface area contributed by atoms with Crippen LogP contribution >= 0.6 is 0 Å². The maximum atomic E-state index is 11.2. The summed E-state index contributed by atoms with van der Waals surface area (Å²) in [6.45, 7) is 11.8. The second-order valence-corrected chi connectivity index (χ2v) is 9.40. The highest BCUT2D eigenvalue weighted by Crippen LogP contribution is 2.35. The quantitative estimate of drug-likeness (QED) is 0.604. The standard InChI is InChI=1S/C27H30N4O/c1-28-24-12-17-31(18-13-24)26-8-7-22(25(29-26)19-21-5-3-2-4-6-21)9-14-27(32)20-30-15-10-23(27)11-16-30/h2-8,23-24,32H,10-13,15-20H2. The van der Waals surface area contributed by atoms with Crippen LogP contribution in [-0.4, -0.2) is 59.4 Å². The predicted octanol–water partition coefficient (Wildman–Crippen LogP) is 3.37. The van der Waals surface area contributed by atoms with E-state index < -0.39 is 5.60 Å². The monoisotopic (exact) mass is 426 g/mol. The zero-order chi connectivity index (χ0) is 22.0. The van der Waals surface area contributed by atoms with E-state index in [1.54, 1.807) is 0 Å². The van der Waals surface area contributed by atoms with Gasteiger partial charge >= 0.3 is 0 Å². The van der Waals surface area contributed by atoms with Crippen molar-refractivity contribution in [1.82, 2.24) is 9.88 Å². The van der Waals surface area contributed by atoms with Gasteiger partial charge in [-0.15, -0.1) is 0 Å². The molecule has 0 spiro atoms. The van der Waals surface area contributed by atoms with E-state index in [1.165, 1.54) is 5.56 Å². The molecular weight excluding hydrogens is 396 g/mol. The highest BCUT2D eigenvalue weighted by molar-refractivity contribution is 5.49. The average Bonchev–Trinajstić information content (AvgIpc) is 2.84. The number of piperidine rings is 4. The molecule has 5 nitrogen and oxygen atoms in total. The second kappa shape index (κ2) is 8.94. The van der Waals surface area contributed by atoms with Crippen LogP contribution in [0, 0.1) is 24.3 Å². The lowest BCUT2D eigenvalue weighted by molar-refractivity contribution is -0.0713. The van der Waals surface area contributed by atoms with Crippen molar-refractivity contribution in [3.63, 3.8) is 0 Å². The molecule has 0 saturated carbocycles. The van der Waals surface area contributed by atoms with Gasteiger partial charge in [-0.25, -0.2) is 11.6 Å². The Morgan fingerprint density at radius 3 is 2.44 bits per heavy atom. The molecule has 2 bridgehead atoms. The molecule has 164 valence electrons. The minimum absolute atomic E-state index is 0.141. The molecule has 0 radical (unpaired) electrons. The largest absolute Gasteiger partial charge is 0.376 e. The minimum Gasteiger partial charge on any atom is -0.376 e. The summed E-state index contributed by atoms with van der Waals surface area (Å²) in [6, 6.07) is 14.6. The third kappa shape index (κ3) is 4.37. The van der Waals surface area contributed by atoms with Crippen molar-refractivity contribution in [3.05, 3.63) is 70.7 Å². The van der Waals surface area contributed by atoms with E-state index in [2.05, 4.69) is 62.9 Å². The predicted molar refractivity (Wildman–Crippen MR) is 126 cm³/mol. The smallest absolute Gasteiger partial charge is 0.227 e. The molecular formula is C27H30N4O. The Labute approximate surface area is 190 Å². The number of rotatable bonds is 3. The van der Waals surface area contributed by atoms with Gasteiger partial charge in [-0.3, -0.25) is 4.90 Å². The van der Waals surface area contributed by atoms with Gasteiger partial charge in [0, 0.05) is 50.4 Å². The molecule has 5 heteroatoms. The van der Waals surface area contributed by atoms with Crippen molar-refractivity contribution < 1.29 is 5.11 Å². The van der Waals surface area contributed by atoms with E-state index >= 15 is 0 Å². The van der Waals surface area contributed by atoms with Crippen molar-refractivity contribution in [2.75, 3.05) is 37.6 Å². The maximum Gasteiger partial charge on any atom is 0.227 e. The normalized spacial score (nSPS) is 27.4. The number of anilines is 1. The van der Waals surface area contributed by atoms with Gasteiger partial charge in [-0.1, -0.05) is 42.2 Å². The molecule has 5 heterocycles. The van der Waals surface area contributed by atoms with Crippen molar-refractivity contribution in [2.24, 2.45) is 5.92 Å². The minimum atomic E-state index is -0.916. The molecule has 1 aromatic heterocycles. The van der Waals surface area contributed by atoms with Gasteiger partial charge in [0.15, 0.2) is 0 Å². The van der Waals surface area contributed by atoms with Crippen LogP contribution in [0.2, 0.25) is 0 Å². The first-order chi connectivity index (χ1) is 15.6. The lowest BCUT2D eigenvalue weighted by Gasteiger charge is -2.47. The molecule has 1 N–H and O–H groups in total. The molecule has 32 heavy (non-hydrogen) atoms. The first-order valence-corrected chi connectivity index (χ1v) is 11.8. The van der Waals surface area contributed by atoms with Gasteiger partial charge in [-0.2, -0.15) is 0 Å². The lowest BCUT2D eigenvalue weighted by atomic mass is 9.75. The van der Waals surface area contributed by atoms with Gasteiger partial charge in [-0.05, 0) is 43.6 Å². The van der Waals surface area contributed by atoms with Crippen molar-refractivity contribution in [3.8, 4) is 11.8 Å². The molecule has 4 saturated heterocycles. The van der Waals surface area contributed by atoms with Crippen molar-refractivity contribution >= 4 is 5.82 Å². The zero-order valence-corrected chi connectivity index (χ0v) is 18.5. The third-order valence-corrected chi connectivity index (χ3v) is 7.29. The Balaban J connectivity index is 1.44. The summed E-state index contributed by atoms with van der Waals surface area (Å²) in [5.74, 6) is 7.82. The van der Waals surface area contributed by atoms with Crippen molar-refractivity contribution in [2.45, 2.75) is 43.7 Å². The van der Waals surface area contributed by atoms with E-state index in [9.17, 15) is 5.11 Å². The molecule has 2 aromatic rings. The summed E-state index contributed by atoms with van der Waals surface area (Å²) < 4.78 is 0. The summed E-state index contributed by atoms with van der Waals surface area (Å²) in [7, 11) is 0. The molecule has 6 rings (SSSR count). The topological polar surface area (TPSA) is 44.0 Å². The van der Waals surface area contributed by atoms with Gasteiger partial charge < -0.3 is 14.9 Å². The summed E-state index contributed by atoms with van der Waals surface area (Å²) in [5, 5.41) is 11.2. The SMILES string of the molecule is [C-]#[N+]C1CCN(c2ccc(C#CC3(O)CN4CCC3CC4)c(Cc3ccccc3)n2)CC1. The fourth-order valence-electron chi connectivity index (χ4n) is 5.28. The molecule has 1 aromatic carbocycles. The van der Waals surface area contributed by atoms with E-state index in [0.29, 0.717) is 13.0 Å². The number of hydrogen-bond donors (Lipinski definition) is 1. The van der Waals surface area contributed by atoms with Crippen LogP contribution < -0.4 is 4.90 Å². The number of fused-ring (bicyclic) bond motifs is 3. The molecule has 0 aliphatic carbocycles. The van der Waals surface area contributed by atoms with E-state index in [-0.39, 0.29) is 12.0 Å². The Bertz CT molecular complexity index is 1050. The van der Waals surface area contributed by atoms with Gasteiger partial charge in [0.2, 0.25) is 6.04 Å². The Morgan fingerprint density at radius 1 is 1.03 bits per heavy atom. The Morgan fingerprint density at radius 2 is 1.78 bits per heavy atom. The summed E-state index contributed by atoms with van der Waals surface area (Å²) in [6.07, 6.45) is 4.56. The van der Waals surface area contributed by atoms with Crippen LogP contribution in [0.1, 0.15) is 42.5 Å². The van der Waals surface area contributed by atoms with Crippen LogP contribution in [0.25, 0.3) is 4.85 Å². The van der Waals surface area contributed by atoms with E-state index in [1.807, 2.05) is 6.07 Å². The van der Waals surface area contributed by atoms with Crippen LogP contribution in [0.5, 0.6) is 0 Å². The average molecular weight is 427 g/mol. The highest BCUT2D eigenvalue weighted by atomic mass is 16.3. The fourth-order valence-corrected chi connectivity index (χ4v) is 5.28. The van der Waals surface area contributed by atoms with Crippen LogP contribution in [-0.2, 0) is 6.42 Å². The molecule has 4 aliphatic heterocycles. The van der Waals surface area contributed by atoms with Gasteiger partial charge in [0.25, 0.3) is 0 Å². The molecule has 1 unspecified atom stereocenters. The Kier molecular flexibility index (Phi) is 5.87. The molecule has 1 atom stereocenters. The van der Waals surface area contributed by atoms with Crippen LogP contribution in [0.3, 0.4) is 0 Å². The number of hydrogen-bond acceptors (Lipinski definition) is 4. The zero-order valence-electron chi connectivity index (χ0n) is 18.5. The first kappa shape index (κ1) is 21.0. The highest BCUT2D eigenvalue weighted by Gasteiger charge is 2.44. The summed E-state index contributed by atoms with van der Waals surface area (Å²) in [5.41, 5.74) is 2.14. The number of benzene rings is 1. The molecule has 4 fully saturated rings. The Hall–Kier alpha value is -2.86. The first-order valence-electron chi connectivity index (χ1n) is 11.8. The van der Waals surface area contributed by atoms with Crippen molar-refractivity contribution in [1.29, 1.82) is 0 Å². The van der Waals surface area contributed by atoms with Crippen LogP contribution in [0.15, 0.2) is 42.5 Å². The van der Waals surface area contributed by atoms with Crippen LogP contribution in [0.4, 0.5) is 5.82 Å². The second-order valence-electron chi connectivity index (χ2n) is 9.40. The summed E-state index contributed by atoms with van der Waals surface area (Å²) in [4.78, 5) is 13.4. The van der Waals surface area contributed by atoms with Gasteiger partial charge in [0.05, 0.1) is 5.69 Å². The number of pyridine rings is 1. The number of aliphatic hydroxyl groups is 1. The number of aromatic nitrogens is 1. The van der Waals surface area contributed by atoms with Gasteiger partial charge in [0.1, 0.15) is 11.4 Å². The molecule has 4 aliphatic rings.